The number of nitrogens with zero attached hydrogens (tertiary/aromatic N) is 1. The standard InChI is InChI=1S/C16H11Cl3N4O5S/c17-9-2-4-13(11(19)6-9)28-7-14(24)21-22-16(29)20-15(25)8-1-3-10(18)12(5-8)23(26)27/h1-6H,7H2,(H,21,24)(H2,20,22,25,29). The Hall–Kier alpha value is -2.66. The summed E-state index contributed by atoms with van der Waals surface area (Å²) in [5.74, 6) is -1.10. The first-order valence-electron chi connectivity index (χ1n) is 7.59. The lowest BCUT2D eigenvalue weighted by molar-refractivity contribution is -0.384. The van der Waals surface area contributed by atoms with E-state index in [0.29, 0.717) is 5.02 Å². The second kappa shape index (κ2) is 10.2. The van der Waals surface area contributed by atoms with E-state index < -0.39 is 29.0 Å². The molecule has 0 aromatic heterocycles. The molecule has 0 fully saturated rings. The molecule has 0 heterocycles. The first-order chi connectivity index (χ1) is 13.7. The van der Waals surface area contributed by atoms with Crippen LogP contribution in [0.15, 0.2) is 36.4 Å². The molecule has 2 amide bonds. The molecule has 0 aliphatic carbocycles. The summed E-state index contributed by atoms with van der Waals surface area (Å²) < 4.78 is 5.23. The van der Waals surface area contributed by atoms with Crippen LogP contribution in [0.3, 0.4) is 0 Å². The normalized spacial score (nSPS) is 10.0. The van der Waals surface area contributed by atoms with Crippen LogP contribution in [-0.2, 0) is 4.79 Å². The molecule has 13 heteroatoms. The van der Waals surface area contributed by atoms with Crippen molar-refractivity contribution in [3.05, 3.63) is 67.1 Å². The summed E-state index contributed by atoms with van der Waals surface area (Å²) in [6.07, 6.45) is 0. The first kappa shape index (κ1) is 22.6. The molecule has 3 N–H and O–H groups in total. The number of benzene rings is 2. The number of nitro benzene ring substituents is 1. The predicted octanol–water partition coefficient (Wildman–Crippen LogP) is 3.27. The van der Waals surface area contributed by atoms with E-state index >= 15 is 0 Å². The van der Waals surface area contributed by atoms with Crippen molar-refractivity contribution >= 4 is 69.6 Å². The fourth-order valence-corrected chi connectivity index (χ4v) is 2.69. The average Bonchev–Trinajstić information content (AvgIpc) is 2.65. The first-order valence-corrected chi connectivity index (χ1v) is 9.13. The quantitative estimate of drug-likeness (QED) is 0.343. The van der Waals surface area contributed by atoms with Crippen LogP contribution in [0.4, 0.5) is 5.69 Å². The van der Waals surface area contributed by atoms with Gasteiger partial charge in [-0.15, -0.1) is 0 Å². The van der Waals surface area contributed by atoms with E-state index in [1.54, 1.807) is 6.07 Å². The molecule has 0 aliphatic heterocycles. The van der Waals surface area contributed by atoms with Gasteiger partial charge >= 0.3 is 0 Å². The van der Waals surface area contributed by atoms with Gasteiger partial charge in [-0.2, -0.15) is 0 Å². The third kappa shape index (κ3) is 6.71. The van der Waals surface area contributed by atoms with Crippen molar-refractivity contribution in [1.29, 1.82) is 0 Å². The second-order valence-corrected chi connectivity index (χ2v) is 6.90. The molecular formula is C16H11Cl3N4O5S. The Labute approximate surface area is 184 Å². The highest BCUT2D eigenvalue weighted by molar-refractivity contribution is 7.80. The Kier molecular flexibility index (Phi) is 7.97. The van der Waals surface area contributed by atoms with Gasteiger partial charge in [0.25, 0.3) is 17.5 Å². The summed E-state index contributed by atoms with van der Waals surface area (Å²) in [6, 6.07) is 8.01. The van der Waals surface area contributed by atoms with E-state index in [9.17, 15) is 19.7 Å². The summed E-state index contributed by atoms with van der Waals surface area (Å²) >= 11 is 22.3. The number of amides is 2. The van der Waals surface area contributed by atoms with Gasteiger partial charge in [0, 0.05) is 16.7 Å². The van der Waals surface area contributed by atoms with Crippen LogP contribution in [0.25, 0.3) is 0 Å². The molecule has 29 heavy (non-hydrogen) atoms. The minimum Gasteiger partial charge on any atom is -0.482 e. The van der Waals surface area contributed by atoms with Crippen LogP contribution in [0.1, 0.15) is 10.4 Å². The largest absolute Gasteiger partial charge is 0.482 e. The summed E-state index contributed by atoms with van der Waals surface area (Å²) in [4.78, 5) is 34.0. The number of hydrazine groups is 1. The van der Waals surface area contributed by atoms with Gasteiger partial charge in [-0.05, 0) is 42.5 Å². The number of carbonyl (C=O) groups is 2. The molecule has 2 aromatic rings. The van der Waals surface area contributed by atoms with Gasteiger partial charge in [0.2, 0.25) is 0 Å². The SMILES string of the molecule is O=C(COc1ccc(Cl)cc1Cl)NNC(=S)NC(=O)c1ccc(Cl)c([N+](=O)[O-])c1. The minimum absolute atomic E-state index is 0.0442. The van der Waals surface area contributed by atoms with Crippen LogP contribution in [0.5, 0.6) is 5.75 Å². The molecule has 9 nitrogen and oxygen atoms in total. The maximum atomic E-state index is 12.1. The van der Waals surface area contributed by atoms with Crippen LogP contribution in [0.2, 0.25) is 15.1 Å². The third-order valence-corrected chi connectivity index (χ3v) is 4.25. The minimum atomic E-state index is -0.735. The number of nitro groups is 1. The lowest BCUT2D eigenvalue weighted by Gasteiger charge is -2.12. The summed E-state index contributed by atoms with van der Waals surface area (Å²) in [7, 11) is 0. The fourth-order valence-electron chi connectivity index (χ4n) is 1.90. The molecule has 0 saturated carbocycles. The number of hydrogen-bond acceptors (Lipinski definition) is 6. The molecule has 0 bridgehead atoms. The number of rotatable bonds is 5. The molecule has 0 unspecified atom stereocenters. The highest BCUT2D eigenvalue weighted by Gasteiger charge is 2.17. The molecule has 2 aromatic carbocycles. The van der Waals surface area contributed by atoms with Crippen molar-refractivity contribution in [1.82, 2.24) is 16.2 Å². The lowest BCUT2D eigenvalue weighted by atomic mass is 10.2. The van der Waals surface area contributed by atoms with Crippen LogP contribution >= 0.6 is 47.0 Å². The van der Waals surface area contributed by atoms with Gasteiger partial charge in [-0.3, -0.25) is 35.9 Å². The lowest BCUT2D eigenvalue weighted by Crippen LogP contribution is -2.49. The molecule has 0 atom stereocenters. The highest BCUT2D eigenvalue weighted by atomic mass is 35.5. The van der Waals surface area contributed by atoms with Gasteiger partial charge in [0.15, 0.2) is 11.7 Å². The zero-order chi connectivity index (χ0) is 21.6. The smallest absolute Gasteiger partial charge is 0.288 e. The van der Waals surface area contributed by atoms with Gasteiger partial charge in [-0.25, -0.2) is 0 Å². The molecule has 2 rings (SSSR count). The van der Waals surface area contributed by atoms with Crippen molar-refractivity contribution in [2.75, 3.05) is 6.61 Å². The van der Waals surface area contributed by atoms with E-state index in [2.05, 4.69) is 16.2 Å². The predicted molar refractivity (Wildman–Crippen MR) is 111 cm³/mol. The number of nitrogens with one attached hydrogen (secondary N) is 3. The Morgan fingerprint density at radius 1 is 1.07 bits per heavy atom. The average molecular weight is 478 g/mol. The van der Waals surface area contributed by atoms with Crippen LogP contribution in [-0.4, -0.2) is 28.5 Å². The Morgan fingerprint density at radius 2 is 1.79 bits per heavy atom. The third-order valence-electron chi connectivity index (χ3n) is 3.20. The topological polar surface area (TPSA) is 123 Å². The van der Waals surface area contributed by atoms with E-state index in [-0.39, 0.29) is 26.5 Å². The number of carbonyl (C=O) groups excluding carboxylic acids is 2. The van der Waals surface area contributed by atoms with Crippen LogP contribution in [0, 0.1) is 10.1 Å². The Morgan fingerprint density at radius 3 is 2.45 bits per heavy atom. The summed E-state index contributed by atoms with van der Waals surface area (Å²) in [5.41, 5.74) is 4.04. The molecule has 0 saturated heterocycles. The van der Waals surface area contributed by atoms with Crippen molar-refractivity contribution in [2.45, 2.75) is 0 Å². The van der Waals surface area contributed by atoms with Crippen molar-refractivity contribution in [3.63, 3.8) is 0 Å². The van der Waals surface area contributed by atoms with E-state index in [1.807, 2.05) is 0 Å². The maximum absolute atomic E-state index is 12.1. The zero-order valence-electron chi connectivity index (χ0n) is 14.2. The molecule has 152 valence electrons. The van der Waals surface area contributed by atoms with E-state index in [0.717, 1.165) is 6.07 Å². The maximum Gasteiger partial charge on any atom is 0.288 e. The summed E-state index contributed by atoms with van der Waals surface area (Å²) in [6.45, 7) is -0.395. The number of ether oxygens (including phenoxy) is 1. The summed E-state index contributed by atoms with van der Waals surface area (Å²) in [5, 5.41) is 13.4. The van der Waals surface area contributed by atoms with Crippen LogP contribution < -0.4 is 20.9 Å². The molecular weight excluding hydrogens is 467 g/mol. The Balaban J connectivity index is 1.83. The second-order valence-electron chi connectivity index (χ2n) is 5.24. The fraction of sp³-hybridized carbons (Fsp3) is 0.0625. The zero-order valence-corrected chi connectivity index (χ0v) is 17.3. The number of halogens is 3. The number of hydrogen-bond donors (Lipinski definition) is 3. The Bertz CT molecular complexity index is 989. The van der Waals surface area contributed by atoms with E-state index in [1.165, 1.54) is 24.3 Å². The highest BCUT2D eigenvalue weighted by Crippen LogP contribution is 2.27. The van der Waals surface area contributed by atoms with Crippen molar-refractivity contribution < 1.29 is 19.2 Å². The molecule has 0 aliphatic rings. The van der Waals surface area contributed by atoms with Gasteiger partial charge in [-0.1, -0.05) is 34.8 Å². The monoisotopic (exact) mass is 476 g/mol. The van der Waals surface area contributed by atoms with Gasteiger partial charge in [0.1, 0.15) is 10.8 Å². The van der Waals surface area contributed by atoms with Crippen molar-refractivity contribution in [2.24, 2.45) is 0 Å². The van der Waals surface area contributed by atoms with Crippen molar-refractivity contribution in [3.8, 4) is 5.75 Å². The van der Waals surface area contributed by atoms with Gasteiger partial charge < -0.3 is 4.74 Å². The molecule has 0 spiro atoms. The van der Waals surface area contributed by atoms with Gasteiger partial charge in [0.05, 0.1) is 9.95 Å². The number of thiocarbonyl (C=S) groups is 1. The van der Waals surface area contributed by atoms with E-state index in [4.69, 9.17) is 51.8 Å². The molecule has 0 radical (unpaired) electrons.